The van der Waals surface area contributed by atoms with Crippen molar-refractivity contribution >= 4 is 70.1 Å². The molecule has 2 unspecified atom stereocenters. The lowest BCUT2D eigenvalue weighted by Crippen LogP contribution is -2.44. The van der Waals surface area contributed by atoms with Gasteiger partial charge in [0.15, 0.2) is 0 Å². The van der Waals surface area contributed by atoms with Crippen LogP contribution in [0, 0.1) is 0 Å². The van der Waals surface area contributed by atoms with Crippen molar-refractivity contribution in [1.82, 2.24) is 10.6 Å². The molecule has 0 saturated carbocycles. The van der Waals surface area contributed by atoms with Crippen LogP contribution < -0.4 is 10.6 Å². The Balaban J connectivity index is 0.962. The van der Waals surface area contributed by atoms with Gasteiger partial charge in [-0.3, -0.25) is 5.32 Å². The molecule has 256 valence electrons. The van der Waals surface area contributed by atoms with Gasteiger partial charge in [-0.15, -0.1) is 11.3 Å². The molecule has 0 saturated heterocycles. The molecule has 1 aliphatic heterocycles. The zero-order valence-corrected chi connectivity index (χ0v) is 30.0. The molecule has 0 bridgehead atoms. The second-order valence-corrected chi connectivity index (χ2v) is 15.0. The summed E-state index contributed by atoms with van der Waals surface area (Å²) in [7, 11) is 0. The van der Waals surface area contributed by atoms with Crippen LogP contribution in [-0.2, 0) is 0 Å². The molecule has 0 spiro atoms. The lowest BCUT2D eigenvalue weighted by molar-refractivity contribution is 0.409. The Morgan fingerprint density at radius 2 is 1.09 bits per heavy atom. The average molecular weight is 712 g/mol. The normalized spacial score (nSPS) is 16.0. The summed E-state index contributed by atoms with van der Waals surface area (Å²) in [5.41, 5.74) is 10.1. The molecule has 8 aromatic carbocycles. The van der Waals surface area contributed by atoms with Crippen LogP contribution in [0.25, 0.3) is 75.1 Å². The van der Waals surface area contributed by atoms with Crippen LogP contribution in [-0.4, -0.2) is 5.84 Å². The summed E-state index contributed by atoms with van der Waals surface area (Å²) in [6.07, 6.45) is -0.273. The first-order chi connectivity index (χ1) is 26.7. The van der Waals surface area contributed by atoms with Gasteiger partial charge in [-0.2, -0.15) is 0 Å². The van der Waals surface area contributed by atoms with Gasteiger partial charge in [0.2, 0.25) is 0 Å². The summed E-state index contributed by atoms with van der Waals surface area (Å²) < 4.78 is 8.93. The third-order valence-electron chi connectivity index (χ3n) is 10.8. The van der Waals surface area contributed by atoms with Gasteiger partial charge in [-0.05, 0) is 68.4 Å². The van der Waals surface area contributed by atoms with Crippen molar-refractivity contribution < 1.29 is 4.42 Å². The lowest BCUT2D eigenvalue weighted by atomic mass is 9.98. The molecule has 0 radical (unpaired) electrons. The predicted molar refractivity (Wildman–Crippen MR) is 226 cm³/mol. The molecular weight excluding hydrogens is 679 g/mol. The van der Waals surface area contributed by atoms with E-state index in [4.69, 9.17) is 9.41 Å². The summed E-state index contributed by atoms with van der Waals surface area (Å²) in [5.74, 6) is 0.886. The first-order valence-corrected chi connectivity index (χ1v) is 19.2. The molecule has 1 aliphatic rings. The number of nitrogens with one attached hydrogen (secondary N) is 2. The molecule has 2 N–H and O–H groups in total. The Morgan fingerprint density at radius 1 is 0.463 bits per heavy atom. The Morgan fingerprint density at radius 3 is 1.83 bits per heavy atom. The van der Waals surface area contributed by atoms with Crippen molar-refractivity contribution in [3.63, 3.8) is 0 Å². The maximum Gasteiger partial charge on any atom is 0.136 e. The second kappa shape index (κ2) is 12.6. The number of benzene rings is 8. The molecule has 10 aromatic rings. The van der Waals surface area contributed by atoms with Gasteiger partial charge in [-0.25, -0.2) is 4.99 Å². The van der Waals surface area contributed by atoms with E-state index in [0.717, 1.165) is 44.5 Å². The number of nitrogens with zero attached hydrogens (tertiary/aromatic N) is 1. The molecule has 0 aliphatic carbocycles. The van der Waals surface area contributed by atoms with E-state index in [2.05, 4.69) is 174 Å². The van der Waals surface area contributed by atoms with E-state index in [1.165, 1.54) is 53.2 Å². The number of thiophene rings is 1. The van der Waals surface area contributed by atoms with Crippen molar-refractivity contribution in [3.8, 4) is 22.3 Å². The van der Waals surface area contributed by atoms with Crippen molar-refractivity contribution in [2.45, 2.75) is 12.3 Å². The van der Waals surface area contributed by atoms with Gasteiger partial charge in [-0.1, -0.05) is 152 Å². The van der Waals surface area contributed by atoms with Crippen LogP contribution in [0.4, 0.5) is 0 Å². The second-order valence-electron chi connectivity index (χ2n) is 14.0. The standard InChI is InChI=1S/C49H33N3OS/c1-3-11-31(12-4-1)47-50-48(32-13-5-2-6-14-32)52-49(51-47)33-23-21-30(22-24-33)37-17-9-19-39-40-20-10-18-38(46(40)54-45(37)39)36-25-26-43-41(28-36)42-27-34-15-7-8-16-35(34)29-44(42)53-43/h1-29,47,49,51H,(H,50,52). The van der Waals surface area contributed by atoms with E-state index < -0.39 is 0 Å². The van der Waals surface area contributed by atoms with E-state index in [1.54, 1.807) is 0 Å². The van der Waals surface area contributed by atoms with E-state index in [1.807, 2.05) is 23.5 Å². The number of furan rings is 1. The van der Waals surface area contributed by atoms with Gasteiger partial charge in [0.25, 0.3) is 0 Å². The zero-order chi connectivity index (χ0) is 35.6. The average Bonchev–Trinajstić information content (AvgIpc) is 3.81. The molecule has 0 amide bonds. The minimum Gasteiger partial charge on any atom is -0.456 e. The summed E-state index contributed by atoms with van der Waals surface area (Å²) in [4.78, 5) is 5.07. The van der Waals surface area contributed by atoms with Crippen LogP contribution >= 0.6 is 11.3 Å². The highest BCUT2D eigenvalue weighted by Gasteiger charge is 2.25. The quantitative estimate of drug-likeness (QED) is 0.187. The fourth-order valence-electron chi connectivity index (χ4n) is 8.04. The summed E-state index contributed by atoms with van der Waals surface area (Å²) >= 11 is 1.88. The number of rotatable bonds is 5. The SMILES string of the molecule is c1ccc(C2=NC(c3ccccc3)NC(c3ccc(-c4cccc5c4sc4c(-c6ccc7oc8cc9ccccc9cc8c7c6)cccc45)cc3)N2)cc1. The number of hydrogen-bond acceptors (Lipinski definition) is 5. The zero-order valence-electron chi connectivity index (χ0n) is 29.2. The maximum absolute atomic E-state index is 6.34. The van der Waals surface area contributed by atoms with Crippen molar-refractivity contribution in [2.24, 2.45) is 4.99 Å². The highest BCUT2D eigenvalue weighted by atomic mass is 32.1. The highest BCUT2D eigenvalue weighted by molar-refractivity contribution is 7.26. The Labute approximate surface area is 316 Å². The monoisotopic (exact) mass is 711 g/mol. The molecule has 2 atom stereocenters. The maximum atomic E-state index is 6.34. The van der Waals surface area contributed by atoms with Gasteiger partial charge < -0.3 is 9.73 Å². The van der Waals surface area contributed by atoms with Gasteiger partial charge in [0.05, 0.1) is 0 Å². The molecule has 4 nitrogen and oxygen atoms in total. The summed E-state index contributed by atoms with van der Waals surface area (Å²) in [6, 6.07) is 62.7. The number of hydrogen-bond donors (Lipinski definition) is 2. The van der Waals surface area contributed by atoms with E-state index in [-0.39, 0.29) is 12.3 Å². The van der Waals surface area contributed by atoms with E-state index >= 15 is 0 Å². The number of fused-ring (bicyclic) bond motifs is 7. The Bertz CT molecular complexity index is 3050. The van der Waals surface area contributed by atoms with Gasteiger partial charge in [0.1, 0.15) is 29.3 Å². The highest BCUT2D eigenvalue weighted by Crippen LogP contribution is 2.45. The minimum absolute atomic E-state index is 0.108. The molecule has 11 rings (SSSR count). The number of amidine groups is 1. The van der Waals surface area contributed by atoms with Crippen LogP contribution in [0.3, 0.4) is 0 Å². The molecule has 5 heteroatoms. The fraction of sp³-hybridized carbons (Fsp3) is 0.0408. The molecular formula is C49H33N3OS. The first-order valence-electron chi connectivity index (χ1n) is 18.3. The smallest absolute Gasteiger partial charge is 0.136 e. The molecule has 2 aromatic heterocycles. The van der Waals surface area contributed by atoms with Crippen molar-refractivity contribution in [1.29, 1.82) is 0 Å². The van der Waals surface area contributed by atoms with E-state index in [0.29, 0.717) is 0 Å². The summed E-state index contributed by atoms with van der Waals surface area (Å²) in [5, 5.41) is 14.7. The Kier molecular flexibility index (Phi) is 7.22. The van der Waals surface area contributed by atoms with Crippen molar-refractivity contribution in [3.05, 3.63) is 193 Å². The minimum atomic E-state index is -0.165. The topological polar surface area (TPSA) is 49.6 Å². The van der Waals surface area contributed by atoms with Crippen LogP contribution in [0.5, 0.6) is 0 Å². The third kappa shape index (κ3) is 5.20. The fourth-order valence-corrected chi connectivity index (χ4v) is 9.41. The van der Waals surface area contributed by atoms with Crippen molar-refractivity contribution in [2.75, 3.05) is 0 Å². The molecule has 3 heterocycles. The van der Waals surface area contributed by atoms with Gasteiger partial charge in [0, 0.05) is 36.5 Å². The molecule has 54 heavy (non-hydrogen) atoms. The third-order valence-corrected chi connectivity index (χ3v) is 12.0. The van der Waals surface area contributed by atoms with E-state index in [9.17, 15) is 0 Å². The summed E-state index contributed by atoms with van der Waals surface area (Å²) in [6.45, 7) is 0. The predicted octanol–water partition coefficient (Wildman–Crippen LogP) is 12.8. The Hall–Kier alpha value is -6.53. The number of aliphatic imine (C=N–C) groups is 1. The first kappa shape index (κ1) is 31.0. The van der Waals surface area contributed by atoms with Crippen LogP contribution in [0.15, 0.2) is 185 Å². The largest absolute Gasteiger partial charge is 0.456 e. The lowest BCUT2D eigenvalue weighted by Gasteiger charge is -2.32. The molecule has 0 fully saturated rings. The van der Waals surface area contributed by atoms with Gasteiger partial charge >= 0.3 is 0 Å². The van der Waals surface area contributed by atoms with Crippen LogP contribution in [0.2, 0.25) is 0 Å². The van der Waals surface area contributed by atoms with Crippen LogP contribution in [0.1, 0.15) is 29.0 Å².